The van der Waals surface area contributed by atoms with Crippen LogP contribution in [0.25, 0.3) is 11.0 Å². The fourth-order valence-electron chi connectivity index (χ4n) is 2.88. The Kier molecular flexibility index (Phi) is 3.08. The van der Waals surface area contributed by atoms with Crippen LogP contribution in [0.1, 0.15) is 44.0 Å². The van der Waals surface area contributed by atoms with Crippen LogP contribution >= 0.6 is 0 Å². The van der Waals surface area contributed by atoms with Gasteiger partial charge in [0.1, 0.15) is 11.9 Å². The minimum atomic E-state index is -0.600. The topological polar surface area (TPSA) is 33.4 Å². The van der Waals surface area contributed by atoms with E-state index in [1.54, 1.807) is 18.2 Å². The van der Waals surface area contributed by atoms with Crippen molar-refractivity contribution in [2.75, 3.05) is 0 Å². The first-order valence-corrected chi connectivity index (χ1v) is 6.62. The molecule has 0 aliphatic heterocycles. The van der Waals surface area contributed by atoms with Crippen LogP contribution in [0.3, 0.4) is 0 Å². The summed E-state index contributed by atoms with van der Waals surface area (Å²) in [5.41, 5.74) is 0.252. The third-order valence-corrected chi connectivity index (χ3v) is 3.90. The second-order valence-electron chi connectivity index (χ2n) is 5.15. The van der Waals surface area contributed by atoms with Gasteiger partial charge < -0.3 is 9.52 Å². The Morgan fingerprint density at radius 3 is 2.72 bits per heavy atom. The van der Waals surface area contributed by atoms with Gasteiger partial charge in [-0.2, -0.15) is 0 Å². The molecule has 0 radical (unpaired) electrons. The SMILES string of the molecule is OC(c1cc2cccc(F)c2o1)C1CCCCC1. The van der Waals surface area contributed by atoms with Crippen LogP contribution in [-0.4, -0.2) is 5.11 Å². The number of rotatable bonds is 2. The summed E-state index contributed by atoms with van der Waals surface area (Å²) >= 11 is 0. The van der Waals surface area contributed by atoms with Crippen molar-refractivity contribution in [3.63, 3.8) is 0 Å². The van der Waals surface area contributed by atoms with Gasteiger partial charge in [-0.05, 0) is 30.9 Å². The summed E-state index contributed by atoms with van der Waals surface area (Å²) in [6.45, 7) is 0. The summed E-state index contributed by atoms with van der Waals surface area (Å²) in [6.07, 6.45) is 5.03. The molecule has 1 heterocycles. The van der Waals surface area contributed by atoms with E-state index in [2.05, 4.69) is 0 Å². The molecule has 1 saturated carbocycles. The third-order valence-electron chi connectivity index (χ3n) is 3.90. The number of hydrogen-bond donors (Lipinski definition) is 1. The molecule has 1 N–H and O–H groups in total. The molecule has 3 heteroatoms. The third kappa shape index (κ3) is 2.03. The Morgan fingerprint density at radius 2 is 2.00 bits per heavy atom. The Morgan fingerprint density at radius 1 is 1.22 bits per heavy atom. The molecule has 0 bridgehead atoms. The molecule has 2 aromatic rings. The molecule has 2 nitrogen and oxygen atoms in total. The zero-order valence-corrected chi connectivity index (χ0v) is 10.2. The zero-order chi connectivity index (χ0) is 12.5. The van der Waals surface area contributed by atoms with Crippen LogP contribution in [0, 0.1) is 11.7 Å². The van der Waals surface area contributed by atoms with Crippen molar-refractivity contribution in [2.45, 2.75) is 38.2 Å². The van der Waals surface area contributed by atoms with E-state index in [0.717, 1.165) is 31.1 Å². The fourth-order valence-corrected chi connectivity index (χ4v) is 2.88. The van der Waals surface area contributed by atoms with Gasteiger partial charge in [0.25, 0.3) is 0 Å². The Balaban J connectivity index is 1.91. The van der Waals surface area contributed by atoms with Crippen LogP contribution in [0.15, 0.2) is 28.7 Å². The molecule has 18 heavy (non-hydrogen) atoms. The molecule has 0 saturated heterocycles. The molecular formula is C15H17FO2. The van der Waals surface area contributed by atoms with E-state index >= 15 is 0 Å². The predicted octanol–water partition coefficient (Wildman–Crippen LogP) is 4.19. The van der Waals surface area contributed by atoms with Crippen molar-refractivity contribution in [2.24, 2.45) is 5.92 Å². The van der Waals surface area contributed by atoms with Crippen molar-refractivity contribution < 1.29 is 13.9 Å². The van der Waals surface area contributed by atoms with E-state index in [1.807, 2.05) is 0 Å². The monoisotopic (exact) mass is 248 g/mol. The molecular weight excluding hydrogens is 231 g/mol. The second kappa shape index (κ2) is 4.73. The van der Waals surface area contributed by atoms with Gasteiger partial charge in [0.15, 0.2) is 11.4 Å². The van der Waals surface area contributed by atoms with Crippen molar-refractivity contribution in [3.8, 4) is 0 Å². The molecule has 0 amide bonds. The van der Waals surface area contributed by atoms with E-state index in [0.29, 0.717) is 5.76 Å². The minimum Gasteiger partial charge on any atom is -0.455 e. The van der Waals surface area contributed by atoms with Gasteiger partial charge in [-0.25, -0.2) is 4.39 Å². The molecule has 0 spiro atoms. The average Bonchev–Trinajstić information content (AvgIpc) is 2.84. The van der Waals surface area contributed by atoms with Crippen molar-refractivity contribution >= 4 is 11.0 Å². The molecule has 1 fully saturated rings. The summed E-state index contributed by atoms with van der Waals surface area (Å²) in [5.74, 6) is 0.388. The molecule has 1 aliphatic rings. The Bertz CT molecular complexity index is 540. The smallest absolute Gasteiger partial charge is 0.170 e. The summed E-state index contributed by atoms with van der Waals surface area (Å²) in [5, 5.41) is 11.0. The average molecular weight is 248 g/mol. The molecule has 1 atom stereocenters. The number of aliphatic hydroxyl groups excluding tert-OH is 1. The van der Waals surface area contributed by atoms with Crippen LogP contribution in [0.4, 0.5) is 4.39 Å². The Hall–Kier alpha value is -1.35. The van der Waals surface area contributed by atoms with Crippen LogP contribution in [-0.2, 0) is 0 Å². The van der Waals surface area contributed by atoms with E-state index < -0.39 is 6.10 Å². The number of para-hydroxylation sites is 1. The predicted molar refractivity (Wildman–Crippen MR) is 67.7 cm³/mol. The van der Waals surface area contributed by atoms with E-state index in [9.17, 15) is 9.50 Å². The summed E-state index contributed by atoms with van der Waals surface area (Å²) in [6, 6.07) is 6.60. The minimum absolute atomic E-state index is 0.252. The number of fused-ring (bicyclic) bond motifs is 1. The second-order valence-corrected chi connectivity index (χ2v) is 5.15. The van der Waals surface area contributed by atoms with E-state index in [1.165, 1.54) is 12.5 Å². The molecule has 1 unspecified atom stereocenters. The number of furan rings is 1. The molecule has 1 aromatic carbocycles. The van der Waals surface area contributed by atoms with E-state index in [-0.39, 0.29) is 17.3 Å². The zero-order valence-electron chi connectivity index (χ0n) is 10.2. The summed E-state index contributed by atoms with van der Waals surface area (Å²) in [4.78, 5) is 0. The van der Waals surface area contributed by atoms with Gasteiger partial charge >= 0.3 is 0 Å². The standard InChI is InChI=1S/C15H17FO2/c16-12-8-4-7-11-9-13(18-15(11)12)14(17)10-5-2-1-3-6-10/h4,7-10,14,17H,1-3,5-6H2. The highest BCUT2D eigenvalue weighted by atomic mass is 19.1. The van der Waals surface area contributed by atoms with Crippen LogP contribution in [0.2, 0.25) is 0 Å². The maximum Gasteiger partial charge on any atom is 0.170 e. The molecule has 3 rings (SSSR count). The van der Waals surface area contributed by atoms with Crippen molar-refractivity contribution in [3.05, 3.63) is 35.8 Å². The van der Waals surface area contributed by atoms with Gasteiger partial charge in [0, 0.05) is 5.39 Å². The summed E-state index contributed by atoms with van der Waals surface area (Å²) < 4.78 is 19.0. The lowest BCUT2D eigenvalue weighted by Crippen LogP contribution is -2.15. The fraction of sp³-hybridized carbons (Fsp3) is 0.467. The maximum atomic E-state index is 13.5. The van der Waals surface area contributed by atoms with Gasteiger partial charge in [0.05, 0.1) is 0 Å². The normalized spacial score (nSPS) is 19.2. The first-order valence-electron chi connectivity index (χ1n) is 6.62. The Labute approximate surface area is 105 Å². The molecule has 1 aromatic heterocycles. The lowest BCUT2D eigenvalue weighted by Gasteiger charge is -2.25. The highest BCUT2D eigenvalue weighted by molar-refractivity contribution is 5.78. The van der Waals surface area contributed by atoms with Gasteiger partial charge in [-0.1, -0.05) is 31.4 Å². The van der Waals surface area contributed by atoms with Crippen LogP contribution < -0.4 is 0 Å². The first kappa shape index (κ1) is 11.7. The number of aliphatic hydroxyl groups is 1. The van der Waals surface area contributed by atoms with Gasteiger partial charge in [-0.3, -0.25) is 0 Å². The molecule has 1 aliphatic carbocycles. The van der Waals surface area contributed by atoms with Crippen LogP contribution in [0.5, 0.6) is 0 Å². The van der Waals surface area contributed by atoms with Gasteiger partial charge in [-0.15, -0.1) is 0 Å². The van der Waals surface area contributed by atoms with Crippen molar-refractivity contribution in [1.29, 1.82) is 0 Å². The molecule has 96 valence electrons. The largest absolute Gasteiger partial charge is 0.455 e. The lowest BCUT2D eigenvalue weighted by atomic mass is 9.84. The number of hydrogen-bond acceptors (Lipinski definition) is 2. The van der Waals surface area contributed by atoms with Gasteiger partial charge in [0.2, 0.25) is 0 Å². The van der Waals surface area contributed by atoms with Crippen molar-refractivity contribution in [1.82, 2.24) is 0 Å². The highest BCUT2D eigenvalue weighted by Crippen LogP contribution is 2.36. The highest BCUT2D eigenvalue weighted by Gasteiger charge is 2.26. The quantitative estimate of drug-likeness (QED) is 0.864. The summed E-state index contributed by atoms with van der Waals surface area (Å²) in [7, 11) is 0. The maximum absolute atomic E-state index is 13.5. The number of benzene rings is 1. The lowest BCUT2D eigenvalue weighted by molar-refractivity contribution is 0.0666. The first-order chi connectivity index (χ1) is 8.75. The number of halogens is 1. The van der Waals surface area contributed by atoms with E-state index in [4.69, 9.17) is 4.42 Å².